The Hall–Kier alpha value is -1.65. The van der Waals surface area contributed by atoms with Crippen molar-refractivity contribution in [3.63, 3.8) is 0 Å². The molecule has 0 atom stereocenters. The number of hydrogen-bond donors (Lipinski definition) is 2. The van der Waals surface area contributed by atoms with Crippen LogP contribution in [0.3, 0.4) is 0 Å². The number of nitrogens with zero attached hydrogens (tertiary/aromatic N) is 3. The first kappa shape index (κ1) is 18.7. The van der Waals surface area contributed by atoms with Crippen LogP contribution < -0.4 is 0 Å². The Morgan fingerprint density at radius 1 is 0.833 bits per heavy atom. The number of nitrogens with one attached hydrogen (secondary N) is 2. The van der Waals surface area contributed by atoms with Gasteiger partial charge in [-0.15, -0.1) is 0 Å². The highest BCUT2D eigenvalue weighted by Gasteiger charge is 1.68. The molecule has 0 aliphatic rings. The number of aromatic nitrogens is 5. The highest BCUT2D eigenvalue weighted by atomic mass is 15.2. The van der Waals surface area contributed by atoms with Crippen molar-refractivity contribution in [2.45, 2.75) is 41.5 Å². The van der Waals surface area contributed by atoms with Crippen molar-refractivity contribution in [2.75, 3.05) is 0 Å². The summed E-state index contributed by atoms with van der Waals surface area (Å²) in [7, 11) is 0. The summed E-state index contributed by atoms with van der Waals surface area (Å²) in [6.07, 6.45) is 8.04. The molecule has 0 saturated heterocycles. The Labute approximate surface area is 110 Å². The number of aromatic amines is 2. The number of H-pyrrole nitrogens is 2. The van der Waals surface area contributed by atoms with Crippen molar-refractivity contribution >= 4 is 0 Å². The van der Waals surface area contributed by atoms with Gasteiger partial charge in [0.1, 0.15) is 12.7 Å². The minimum Gasteiger partial charge on any atom is -0.351 e. The van der Waals surface area contributed by atoms with Gasteiger partial charge < -0.3 is 4.98 Å². The molecule has 2 rings (SSSR count). The lowest BCUT2D eigenvalue weighted by molar-refractivity contribution is 0.736. The van der Waals surface area contributed by atoms with Crippen LogP contribution >= 0.6 is 0 Å². The molecule has 2 heterocycles. The Bertz CT molecular complexity index is 215. The average molecular weight is 253 g/mol. The molecule has 2 N–H and O–H groups in total. The van der Waals surface area contributed by atoms with E-state index >= 15 is 0 Å². The monoisotopic (exact) mass is 253 g/mol. The summed E-state index contributed by atoms with van der Waals surface area (Å²) in [5, 5.41) is 5.99. The van der Waals surface area contributed by atoms with Crippen LogP contribution in [0.1, 0.15) is 41.5 Å². The van der Waals surface area contributed by atoms with Gasteiger partial charge in [-0.05, 0) is 11.8 Å². The molecule has 18 heavy (non-hydrogen) atoms. The van der Waals surface area contributed by atoms with Crippen molar-refractivity contribution in [3.05, 3.63) is 31.4 Å². The van der Waals surface area contributed by atoms with Crippen LogP contribution in [0.5, 0.6) is 0 Å². The number of imidazole rings is 1. The fourth-order valence-corrected chi connectivity index (χ4v) is 0.382. The molecule has 2 aromatic heterocycles. The zero-order chi connectivity index (χ0) is 14.2. The van der Waals surface area contributed by atoms with E-state index in [4.69, 9.17) is 0 Å². The zero-order valence-electron chi connectivity index (χ0n) is 12.4. The molecule has 5 heteroatoms. The highest BCUT2D eigenvalue weighted by Crippen LogP contribution is 1.81. The minimum atomic E-state index is 0.833. The summed E-state index contributed by atoms with van der Waals surface area (Å²) in [6, 6.07) is 0. The first-order valence-corrected chi connectivity index (χ1v) is 6.18. The maximum atomic E-state index is 3.67. The molecule has 5 nitrogen and oxygen atoms in total. The SMILES string of the molecule is CC(C)C.CC(C)C.c1c[nH]cn1.c1nc[nH]n1. The largest absolute Gasteiger partial charge is 0.351 e. The highest BCUT2D eigenvalue weighted by molar-refractivity contribution is 4.64. The molecule has 2 aromatic rings. The Balaban J connectivity index is 0. The van der Waals surface area contributed by atoms with E-state index in [1.807, 2.05) is 0 Å². The van der Waals surface area contributed by atoms with Crippen LogP contribution in [0.4, 0.5) is 0 Å². The van der Waals surface area contributed by atoms with Crippen LogP contribution in [-0.2, 0) is 0 Å². The van der Waals surface area contributed by atoms with Gasteiger partial charge in [0.05, 0.1) is 6.33 Å². The van der Waals surface area contributed by atoms with Gasteiger partial charge in [-0.2, -0.15) is 5.10 Å². The van der Waals surface area contributed by atoms with Crippen LogP contribution in [-0.4, -0.2) is 25.1 Å². The summed E-state index contributed by atoms with van der Waals surface area (Å²) in [5.74, 6) is 1.67. The summed E-state index contributed by atoms with van der Waals surface area (Å²) in [4.78, 5) is 9.97. The van der Waals surface area contributed by atoms with Gasteiger partial charge in [0.25, 0.3) is 0 Å². The smallest absolute Gasteiger partial charge is 0.137 e. The summed E-state index contributed by atoms with van der Waals surface area (Å²) < 4.78 is 0. The van der Waals surface area contributed by atoms with Gasteiger partial charge in [-0.1, -0.05) is 41.5 Å². The predicted octanol–water partition coefficient (Wildman–Crippen LogP) is 3.54. The molecule has 104 valence electrons. The van der Waals surface area contributed by atoms with E-state index < -0.39 is 0 Å². The minimum absolute atomic E-state index is 0.833. The standard InChI is InChI=1S/2C4H10.C3H4N2.C2H3N3/c2*1-4(2)3;1-2-5-3-4-1;1-3-2-5-4-1/h2*4H,1-3H3;1-3H,(H,4,5);1-2H,(H,3,4,5). The number of hydrogen-bond acceptors (Lipinski definition) is 3. The van der Waals surface area contributed by atoms with Gasteiger partial charge >= 0.3 is 0 Å². The van der Waals surface area contributed by atoms with Crippen molar-refractivity contribution in [1.29, 1.82) is 0 Å². The molecule has 0 saturated carbocycles. The van der Waals surface area contributed by atoms with Gasteiger partial charge in [0.2, 0.25) is 0 Å². The molecule has 0 unspecified atom stereocenters. The van der Waals surface area contributed by atoms with Crippen LogP contribution in [0, 0.1) is 11.8 Å². The molecule has 0 bridgehead atoms. The fraction of sp³-hybridized carbons (Fsp3) is 0.615. The van der Waals surface area contributed by atoms with Gasteiger partial charge in [0, 0.05) is 12.4 Å². The van der Waals surface area contributed by atoms with Crippen molar-refractivity contribution in [2.24, 2.45) is 11.8 Å². The van der Waals surface area contributed by atoms with E-state index in [0.29, 0.717) is 0 Å². The van der Waals surface area contributed by atoms with Crippen molar-refractivity contribution in [3.8, 4) is 0 Å². The van der Waals surface area contributed by atoms with E-state index in [1.54, 1.807) is 18.7 Å². The molecule has 0 spiro atoms. The first-order chi connectivity index (χ1) is 8.46. The third-order valence-electron chi connectivity index (χ3n) is 0.737. The lowest BCUT2D eigenvalue weighted by atomic mass is 10.3. The number of rotatable bonds is 0. The third-order valence-corrected chi connectivity index (χ3v) is 0.737. The van der Waals surface area contributed by atoms with Gasteiger partial charge in [0.15, 0.2) is 0 Å². The molecule has 0 aromatic carbocycles. The first-order valence-electron chi connectivity index (χ1n) is 6.18. The van der Waals surface area contributed by atoms with E-state index in [-0.39, 0.29) is 0 Å². The Kier molecular flexibility index (Phi) is 16.0. The van der Waals surface area contributed by atoms with Crippen LogP contribution in [0.15, 0.2) is 31.4 Å². The molecule has 0 aliphatic heterocycles. The fourth-order valence-electron chi connectivity index (χ4n) is 0.382. The molecular formula is C13H27N5. The zero-order valence-corrected chi connectivity index (χ0v) is 12.4. The maximum Gasteiger partial charge on any atom is 0.137 e. The second-order valence-corrected chi connectivity index (χ2v) is 4.88. The van der Waals surface area contributed by atoms with Crippen LogP contribution in [0.25, 0.3) is 0 Å². The van der Waals surface area contributed by atoms with Gasteiger partial charge in [-0.25, -0.2) is 9.97 Å². The quantitative estimate of drug-likeness (QED) is 0.754. The molecule has 0 aliphatic carbocycles. The Morgan fingerprint density at radius 3 is 1.50 bits per heavy atom. The second-order valence-electron chi connectivity index (χ2n) is 4.88. The maximum absolute atomic E-state index is 3.67. The second kappa shape index (κ2) is 15.4. The lowest BCUT2D eigenvalue weighted by Crippen LogP contribution is -1.66. The average Bonchev–Trinajstić information content (AvgIpc) is 2.96. The van der Waals surface area contributed by atoms with Gasteiger partial charge in [-0.3, -0.25) is 5.10 Å². The van der Waals surface area contributed by atoms with E-state index in [1.165, 1.54) is 12.7 Å². The molecule has 0 radical (unpaired) electrons. The summed E-state index contributed by atoms with van der Waals surface area (Å²) >= 11 is 0. The van der Waals surface area contributed by atoms with Crippen LogP contribution in [0.2, 0.25) is 0 Å². The summed E-state index contributed by atoms with van der Waals surface area (Å²) in [6.45, 7) is 13.0. The van der Waals surface area contributed by atoms with Crippen molar-refractivity contribution < 1.29 is 0 Å². The molecule has 0 fully saturated rings. The van der Waals surface area contributed by atoms with Crippen molar-refractivity contribution in [1.82, 2.24) is 25.1 Å². The third kappa shape index (κ3) is 36.7. The molecule has 0 amide bonds. The van der Waals surface area contributed by atoms with E-state index in [0.717, 1.165) is 11.8 Å². The summed E-state index contributed by atoms with van der Waals surface area (Å²) in [5.41, 5.74) is 0. The predicted molar refractivity (Wildman–Crippen MR) is 76.0 cm³/mol. The topological polar surface area (TPSA) is 70.2 Å². The van der Waals surface area contributed by atoms with E-state index in [9.17, 15) is 0 Å². The molecular weight excluding hydrogens is 226 g/mol. The normalized spacial score (nSPS) is 8.44. The lowest BCUT2D eigenvalue weighted by Gasteiger charge is -1.79. The Morgan fingerprint density at radius 2 is 1.39 bits per heavy atom. The van der Waals surface area contributed by atoms with E-state index in [2.05, 4.69) is 66.7 Å².